The zero-order valence-corrected chi connectivity index (χ0v) is 14.4. The highest BCUT2D eigenvalue weighted by atomic mass is 19.2. The molecule has 1 aliphatic rings. The minimum atomic E-state index is -0.970. The van der Waals surface area contributed by atoms with Gasteiger partial charge in [0.1, 0.15) is 0 Å². The largest absolute Gasteiger partial charge is 0.342 e. The Morgan fingerprint density at radius 1 is 1.11 bits per heavy atom. The van der Waals surface area contributed by atoms with Crippen LogP contribution in [0.4, 0.5) is 8.78 Å². The topological polar surface area (TPSA) is 59.2 Å². The molecule has 0 aliphatic carbocycles. The molecule has 1 aliphatic heterocycles. The summed E-state index contributed by atoms with van der Waals surface area (Å²) < 4.78 is 31.7. The lowest BCUT2D eigenvalue weighted by Gasteiger charge is -2.15. The van der Waals surface area contributed by atoms with Gasteiger partial charge >= 0.3 is 0 Å². The van der Waals surface area contributed by atoms with E-state index in [4.69, 9.17) is 4.52 Å². The number of hydrogen-bond acceptors (Lipinski definition) is 4. The minimum absolute atomic E-state index is 0.0449. The third-order valence-corrected chi connectivity index (χ3v) is 4.70. The summed E-state index contributed by atoms with van der Waals surface area (Å²) in [6.07, 6.45) is 1.08. The average Bonchev–Trinajstić information content (AvgIpc) is 3.30. The number of nitrogens with zero attached hydrogens (tertiary/aromatic N) is 3. The second-order valence-electron chi connectivity index (χ2n) is 6.56. The maximum atomic E-state index is 13.4. The Labute approximate surface area is 154 Å². The van der Waals surface area contributed by atoms with Gasteiger partial charge in [0.15, 0.2) is 11.6 Å². The van der Waals surface area contributed by atoms with Crippen LogP contribution in [0.5, 0.6) is 0 Å². The zero-order chi connectivity index (χ0) is 18.8. The first kappa shape index (κ1) is 17.3. The second kappa shape index (κ2) is 7.26. The van der Waals surface area contributed by atoms with E-state index in [1.165, 1.54) is 11.6 Å². The van der Waals surface area contributed by atoms with Crippen LogP contribution in [-0.2, 0) is 11.2 Å². The average molecular weight is 369 g/mol. The molecule has 1 unspecified atom stereocenters. The quantitative estimate of drug-likeness (QED) is 0.690. The molecule has 2 heterocycles. The van der Waals surface area contributed by atoms with Crippen LogP contribution in [0.25, 0.3) is 11.4 Å². The van der Waals surface area contributed by atoms with Crippen LogP contribution in [0.1, 0.15) is 23.8 Å². The fraction of sp³-hybridized carbons (Fsp3) is 0.250. The highest BCUT2D eigenvalue weighted by molar-refractivity contribution is 5.79. The zero-order valence-electron chi connectivity index (χ0n) is 14.4. The molecular weight excluding hydrogens is 352 g/mol. The maximum Gasteiger partial charge on any atom is 0.232 e. The molecule has 1 aromatic heterocycles. The van der Waals surface area contributed by atoms with Gasteiger partial charge in [-0.25, -0.2) is 8.78 Å². The summed E-state index contributed by atoms with van der Waals surface area (Å²) >= 11 is 0. The van der Waals surface area contributed by atoms with Crippen molar-refractivity contribution in [2.75, 3.05) is 13.1 Å². The SMILES string of the molecule is O=C1CC(c2nc(-c3ccc(F)c(F)c3)no2)CN1CCc1ccccc1. The summed E-state index contributed by atoms with van der Waals surface area (Å²) in [5.74, 6) is -1.53. The van der Waals surface area contributed by atoms with Crippen LogP contribution in [0.2, 0.25) is 0 Å². The van der Waals surface area contributed by atoms with E-state index in [1.54, 1.807) is 4.90 Å². The molecule has 5 nitrogen and oxygen atoms in total. The normalized spacial score (nSPS) is 16.9. The number of aromatic nitrogens is 2. The Morgan fingerprint density at radius 3 is 2.70 bits per heavy atom. The van der Waals surface area contributed by atoms with Crippen LogP contribution in [-0.4, -0.2) is 34.0 Å². The summed E-state index contributed by atoms with van der Waals surface area (Å²) in [6.45, 7) is 1.13. The first-order valence-electron chi connectivity index (χ1n) is 8.71. The molecule has 0 spiro atoms. The van der Waals surface area contributed by atoms with Crippen LogP contribution >= 0.6 is 0 Å². The first-order valence-corrected chi connectivity index (χ1v) is 8.71. The Morgan fingerprint density at radius 2 is 1.93 bits per heavy atom. The molecule has 0 bridgehead atoms. The predicted octanol–water partition coefficient (Wildman–Crippen LogP) is 3.57. The molecule has 0 saturated carbocycles. The van der Waals surface area contributed by atoms with Crippen molar-refractivity contribution in [1.82, 2.24) is 15.0 Å². The van der Waals surface area contributed by atoms with Gasteiger partial charge in [-0.3, -0.25) is 4.79 Å². The highest BCUT2D eigenvalue weighted by Crippen LogP contribution is 2.29. The minimum Gasteiger partial charge on any atom is -0.342 e. The lowest BCUT2D eigenvalue weighted by molar-refractivity contribution is -0.127. The molecule has 3 aromatic rings. The van der Waals surface area contributed by atoms with E-state index >= 15 is 0 Å². The molecule has 27 heavy (non-hydrogen) atoms. The van der Waals surface area contributed by atoms with Gasteiger partial charge in [0.05, 0.1) is 5.92 Å². The molecule has 7 heteroatoms. The van der Waals surface area contributed by atoms with Crippen molar-refractivity contribution in [3.05, 3.63) is 71.6 Å². The van der Waals surface area contributed by atoms with Crippen molar-refractivity contribution in [2.45, 2.75) is 18.8 Å². The van der Waals surface area contributed by atoms with Crippen molar-refractivity contribution in [1.29, 1.82) is 0 Å². The number of hydrogen-bond donors (Lipinski definition) is 0. The molecule has 1 atom stereocenters. The lowest BCUT2D eigenvalue weighted by Crippen LogP contribution is -2.27. The second-order valence-corrected chi connectivity index (χ2v) is 6.56. The highest BCUT2D eigenvalue weighted by Gasteiger charge is 2.34. The molecule has 4 rings (SSSR count). The van der Waals surface area contributed by atoms with Gasteiger partial charge in [-0.2, -0.15) is 4.98 Å². The molecule has 0 radical (unpaired) electrons. The number of rotatable bonds is 5. The third-order valence-electron chi connectivity index (χ3n) is 4.70. The fourth-order valence-electron chi connectivity index (χ4n) is 3.22. The van der Waals surface area contributed by atoms with Gasteiger partial charge in [-0.1, -0.05) is 35.5 Å². The smallest absolute Gasteiger partial charge is 0.232 e. The van der Waals surface area contributed by atoms with E-state index in [-0.39, 0.29) is 17.6 Å². The van der Waals surface area contributed by atoms with Crippen molar-refractivity contribution < 1.29 is 18.1 Å². The van der Waals surface area contributed by atoms with Crippen LogP contribution in [0.3, 0.4) is 0 Å². The van der Waals surface area contributed by atoms with Gasteiger partial charge in [-0.05, 0) is 30.2 Å². The molecule has 1 amide bonds. The molecule has 1 fully saturated rings. The number of carbonyl (C=O) groups is 1. The number of halogens is 2. The Bertz CT molecular complexity index is 959. The van der Waals surface area contributed by atoms with Gasteiger partial charge in [-0.15, -0.1) is 0 Å². The van der Waals surface area contributed by atoms with E-state index in [2.05, 4.69) is 10.1 Å². The number of amides is 1. The third kappa shape index (κ3) is 3.72. The summed E-state index contributed by atoms with van der Waals surface area (Å²) in [5.41, 5.74) is 1.50. The standard InChI is InChI=1S/C20H17F2N3O2/c21-16-7-6-14(10-17(16)22)19-23-20(27-24-19)15-11-18(26)25(12-15)9-8-13-4-2-1-3-5-13/h1-7,10,15H,8-9,11-12H2. The van der Waals surface area contributed by atoms with Gasteiger partial charge in [0.2, 0.25) is 17.6 Å². The maximum absolute atomic E-state index is 13.4. The van der Waals surface area contributed by atoms with Crippen LogP contribution in [0, 0.1) is 11.6 Å². The van der Waals surface area contributed by atoms with Crippen molar-refractivity contribution in [3.8, 4) is 11.4 Å². The predicted molar refractivity (Wildman–Crippen MR) is 93.7 cm³/mol. The number of likely N-dealkylation sites (tertiary alicyclic amines) is 1. The number of carbonyl (C=O) groups excluding carboxylic acids is 1. The molecule has 138 valence electrons. The molecule has 2 aromatic carbocycles. The molecular formula is C20H17F2N3O2. The van der Waals surface area contributed by atoms with Crippen molar-refractivity contribution >= 4 is 5.91 Å². The number of benzene rings is 2. The van der Waals surface area contributed by atoms with E-state index in [9.17, 15) is 13.6 Å². The Balaban J connectivity index is 1.43. The van der Waals surface area contributed by atoms with Gasteiger partial charge in [0.25, 0.3) is 0 Å². The van der Waals surface area contributed by atoms with E-state index in [0.717, 1.165) is 18.6 Å². The molecule has 0 N–H and O–H groups in total. The monoisotopic (exact) mass is 369 g/mol. The summed E-state index contributed by atoms with van der Waals surface area (Å²) in [6, 6.07) is 13.4. The first-order chi connectivity index (χ1) is 13.1. The van der Waals surface area contributed by atoms with Gasteiger partial charge < -0.3 is 9.42 Å². The van der Waals surface area contributed by atoms with Crippen molar-refractivity contribution in [2.24, 2.45) is 0 Å². The van der Waals surface area contributed by atoms with E-state index in [1.807, 2.05) is 30.3 Å². The fourth-order valence-corrected chi connectivity index (χ4v) is 3.22. The summed E-state index contributed by atoms with van der Waals surface area (Å²) in [4.78, 5) is 18.3. The lowest BCUT2D eigenvalue weighted by atomic mass is 10.1. The van der Waals surface area contributed by atoms with Crippen LogP contribution < -0.4 is 0 Å². The van der Waals surface area contributed by atoms with E-state index < -0.39 is 11.6 Å². The Hall–Kier alpha value is -3.09. The summed E-state index contributed by atoms with van der Waals surface area (Å²) in [5, 5.41) is 3.84. The Kier molecular flexibility index (Phi) is 4.66. The summed E-state index contributed by atoms with van der Waals surface area (Å²) in [7, 11) is 0. The van der Waals surface area contributed by atoms with E-state index in [0.29, 0.717) is 31.0 Å². The van der Waals surface area contributed by atoms with Gasteiger partial charge in [0, 0.05) is 25.1 Å². The van der Waals surface area contributed by atoms with Crippen molar-refractivity contribution in [3.63, 3.8) is 0 Å². The van der Waals surface area contributed by atoms with Crippen LogP contribution in [0.15, 0.2) is 53.1 Å². The molecule has 1 saturated heterocycles.